The van der Waals surface area contributed by atoms with E-state index in [9.17, 15) is 9.59 Å². The summed E-state index contributed by atoms with van der Waals surface area (Å²) >= 11 is 3.00. The quantitative estimate of drug-likeness (QED) is 0.382. The van der Waals surface area contributed by atoms with Gasteiger partial charge in [0.15, 0.2) is 5.16 Å². The Labute approximate surface area is 190 Å². The number of thiophene rings is 1. The van der Waals surface area contributed by atoms with E-state index < -0.39 is 0 Å². The van der Waals surface area contributed by atoms with Crippen molar-refractivity contribution in [1.29, 1.82) is 0 Å². The van der Waals surface area contributed by atoms with Crippen molar-refractivity contribution in [2.75, 3.05) is 13.1 Å². The number of amides is 1. The molecule has 0 fully saturated rings. The standard InChI is InChI=1S/C23H29N3O3S2/c1-5-25(6-2)21(27)15(4)30-23-24-20-19(17-10-9-14(3)12-18(17)31-20)22(28)26(23)13-16-8-7-11-29-16/h7-8,11,14-15H,5-6,9-10,12-13H2,1-4H3. The number of furan rings is 1. The van der Waals surface area contributed by atoms with E-state index in [0.29, 0.717) is 36.5 Å². The van der Waals surface area contributed by atoms with E-state index in [0.717, 1.165) is 29.5 Å². The maximum Gasteiger partial charge on any atom is 0.263 e. The Kier molecular flexibility index (Phi) is 6.57. The molecule has 0 aromatic carbocycles. The van der Waals surface area contributed by atoms with Gasteiger partial charge in [0.05, 0.1) is 23.4 Å². The predicted molar refractivity (Wildman–Crippen MR) is 126 cm³/mol. The molecule has 2 atom stereocenters. The van der Waals surface area contributed by atoms with Gasteiger partial charge >= 0.3 is 0 Å². The predicted octanol–water partition coefficient (Wildman–Crippen LogP) is 4.57. The van der Waals surface area contributed by atoms with Crippen LogP contribution in [-0.4, -0.2) is 38.7 Å². The molecule has 3 heterocycles. The van der Waals surface area contributed by atoms with E-state index in [2.05, 4.69) is 6.92 Å². The van der Waals surface area contributed by atoms with Crippen molar-refractivity contribution in [3.05, 3.63) is 45.0 Å². The fourth-order valence-corrected chi connectivity index (χ4v) is 6.61. The second-order valence-corrected chi connectivity index (χ2v) is 10.6. The summed E-state index contributed by atoms with van der Waals surface area (Å²) in [6.45, 7) is 9.76. The fourth-order valence-electron chi connectivity index (χ4n) is 4.19. The number of carbonyl (C=O) groups excluding carboxylic acids is 1. The third-order valence-corrected chi connectivity index (χ3v) is 8.21. The van der Waals surface area contributed by atoms with E-state index in [1.807, 2.05) is 37.8 Å². The Morgan fingerprint density at radius 1 is 1.42 bits per heavy atom. The minimum absolute atomic E-state index is 0.0292. The summed E-state index contributed by atoms with van der Waals surface area (Å²) in [6, 6.07) is 3.68. The van der Waals surface area contributed by atoms with Crippen LogP contribution in [0.2, 0.25) is 0 Å². The molecule has 166 valence electrons. The van der Waals surface area contributed by atoms with Gasteiger partial charge in [-0.15, -0.1) is 11.3 Å². The first kappa shape index (κ1) is 22.1. The molecular weight excluding hydrogens is 430 g/mol. The molecule has 1 aliphatic carbocycles. The smallest absolute Gasteiger partial charge is 0.263 e. The third-order valence-electron chi connectivity index (χ3n) is 5.98. The van der Waals surface area contributed by atoms with Crippen LogP contribution >= 0.6 is 23.1 Å². The molecule has 0 saturated carbocycles. The van der Waals surface area contributed by atoms with Crippen LogP contribution in [0.1, 0.15) is 50.3 Å². The molecule has 6 nitrogen and oxygen atoms in total. The Morgan fingerprint density at radius 2 is 2.19 bits per heavy atom. The molecule has 0 spiro atoms. The van der Waals surface area contributed by atoms with Gasteiger partial charge in [0, 0.05) is 18.0 Å². The van der Waals surface area contributed by atoms with Crippen molar-refractivity contribution in [2.45, 2.75) is 63.9 Å². The zero-order valence-corrected chi connectivity index (χ0v) is 20.1. The highest BCUT2D eigenvalue weighted by molar-refractivity contribution is 8.00. The van der Waals surface area contributed by atoms with Crippen LogP contribution < -0.4 is 5.56 Å². The number of hydrogen-bond acceptors (Lipinski definition) is 6. The minimum Gasteiger partial charge on any atom is -0.467 e. The summed E-state index contributed by atoms with van der Waals surface area (Å²) in [5, 5.41) is 1.00. The lowest BCUT2D eigenvalue weighted by Gasteiger charge is -2.23. The number of aryl methyl sites for hydroxylation is 1. The molecule has 3 aromatic rings. The van der Waals surface area contributed by atoms with Crippen molar-refractivity contribution in [2.24, 2.45) is 5.92 Å². The lowest BCUT2D eigenvalue weighted by atomic mass is 9.89. The van der Waals surface area contributed by atoms with Gasteiger partial charge in [-0.1, -0.05) is 18.7 Å². The molecule has 1 amide bonds. The van der Waals surface area contributed by atoms with Gasteiger partial charge in [0.25, 0.3) is 5.56 Å². The summed E-state index contributed by atoms with van der Waals surface area (Å²) < 4.78 is 7.21. The normalized spacial score (nSPS) is 17.0. The van der Waals surface area contributed by atoms with E-state index in [1.54, 1.807) is 22.2 Å². The van der Waals surface area contributed by atoms with Crippen LogP contribution in [0.3, 0.4) is 0 Å². The van der Waals surface area contributed by atoms with E-state index in [-0.39, 0.29) is 16.7 Å². The number of fused-ring (bicyclic) bond motifs is 3. The minimum atomic E-state index is -0.332. The average molecular weight is 460 g/mol. The van der Waals surface area contributed by atoms with E-state index in [4.69, 9.17) is 9.40 Å². The first-order valence-electron chi connectivity index (χ1n) is 11.0. The van der Waals surface area contributed by atoms with Crippen LogP contribution in [0, 0.1) is 5.92 Å². The molecule has 0 bridgehead atoms. The number of aromatic nitrogens is 2. The van der Waals surface area contributed by atoms with Gasteiger partial charge in [-0.3, -0.25) is 14.2 Å². The Morgan fingerprint density at radius 3 is 2.87 bits per heavy atom. The van der Waals surface area contributed by atoms with Gasteiger partial charge in [0.1, 0.15) is 10.6 Å². The summed E-state index contributed by atoms with van der Waals surface area (Å²) in [7, 11) is 0. The zero-order valence-electron chi connectivity index (χ0n) is 18.5. The van der Waals surface area contributed by atoms with Crippen LogP contribution in [0.15, 0.2) is 32.8 Å². The fraction of sp³-hybridized carbons (Fsp3) is 0.522. The molecule has 1 aliphatic rings. The van der Waals surface area contributed by atoms with Crippen molar-refractivity contribution >= 4 is 39.2 Å². The second kappa shape index (κ2) is 9.20. The number of hydrogen-bond donors (Lipinski definition) is 0. The van der Waals surface area contributed by atoms with Crippen LogP contribution in [0.25, 0.3) is 10.2 Å². The lowest BCUT2D eigenvalue weighted by Crippen LogP contribution is -2.36. The van der Waals surface area contributed by atoms with Crippen LogP contribution in [0.4, 0.5) is 0 Å². The Balaban J connectivity index is 1.79. The number of nitrogens with zero attached hydrogens (tertiary/aromatic N) is 3. The monoisotopic (exact) mass is 459 g/mol. The number of thioether (sulfide) groups is 1. The SMILES string of the molecule is CCN(CC)C(=O)C(C)Sc1nc2sc3c(c2c(=O)n1Cc1ccco1)CCC(C)C3. The van der Waals surface area contributed by atoms with Crippen LogP contribution in [0.5, 0.6) is 0 Å². The number of rotatable bonds is 7. The topological polar surface area (TPSA) is 68.3 Å². The highest BCUT2D eigenvalue weighted by Gasteiger charge is 2.27. The van der Waals surface area contributed by atoms with E-state index in [1.165, 1.54) is 22.2 Å². The average Bonchev–Trinajstić information content (AvgIpc) is 3.38. The highest BCUT2D eigenvalue weighted by Crippen LogP contribution is 2.37. The van der Waals surface area contributed by atoms with Crippen molar-refractivity contribution < 1.29 is 9.21 Å². The van der Waals surface area contributed by atoms with Gasteiger partial charge in [0.2, 0.25) is 5.91 Å². The third kappa shape index (κ3) is 4.32. The Bertz CT molecular complexity index is 1130. The second-order valence-electron chi connectivity index (χ2n) is 8.17. The summed E-state index contributed by atoms with van der Waals surface area (Å²) in [5.74, 6) is 1.39. The maximum atomic E-state index is 13.7. The summed E-state index contributed by atoms with van der Waals surface area (Å²) in [4.78, 5) is 35.3. The summed E-state index contributed by atoms with van der Waals surface area (Å²) in [5.41, 5.74) is 1.14. The highest BCUT2D eigenvalue weighted by atomic mass is 32.2. The molecule has 0 aliphatic heterocycles. The number of carbonyl (C=O) groups is 1. The molecular formula is C23H29N3O3S2. The zero-order chi connectivity index (χ0) is 22.1. The molecule has 3 aromatic heterocycles. The first-order valence-corrected chi connectivity index (χ1v) is 12.6. The molecule has 0 radical (unpaired) electrons. The van der Waals surface area contributed by atoms with Crippen LogP contribution in [-0.2, 0) is 24.2 Å². The van der Waals surface area contributed by atoms with E-state index >= 15 is 0 Å². The molecule has 0 N–H and O–H groups in total. The maximum absolute atomic E-state index is 13.7. The molecule has 2 unspecified atom stereocenters. The van der Waals surface area contributed by atoms with Gasteiger partial charge in [-0.05, 0) is 63.6 Å². The lowest BCUT2D eigenvalue weighted by molar-refractivity contribution is -0.129. The Hall–Kier alpha value is -2.06. The molecule has 8 heteroatoms. The molecule has 0 saturated heterocycles. The van der Waals surface area contributed by atoms with Crippen molar-refractivity contribution in [1.82, 2.24) is 14.5 Å². The largest absolute Gasteiger partial charge is 0.467 e. The summed E-state index contributed by atoms with van der Waals surface area (Å²) in [6.07, 6.45) is 4.65. The molecule has 4 rings (SSSR count). The van der Waals surface area contributed by atoms with Gasteiger partial charge in [-0.2, -0.15) is 0 Å². The van der Waals surface area contributed by atoms with Gasteiger partial charge in [-0.25, -0.2) is 4.98 Å². The molecule has 31 heavy (non-hydrogen) atoms. The van der Waals surface area contributed by atoms with Crippen molar-refractivity contribution in [3.63, 3.8) is 0 Å². The van der Waals surface area contributed by atoms with Gasteiger partial charge < -0.3 is 9.32 Å². The van der Waals surface area contributed by atoms with Crippen molar-refractivity contribution in [3.8, 4) is 0 Å². The first-order chi connectivity index (χ1) is 14.9.